The van der Waals surface area contributed by atoms with Crippen LogP contribution in [0.5, 0.6) is 0 Å². The van der Waals surface area contributed by atoms with Crippen molar-refractivity contribution >= 4 is 60.0 Å². The van der Waals surface area contributed by atoms with Crippen LogP contribution in [0.15, 0.2) is 144 Å². The maximum Gasteiger partial charge on any atom is 0.136 e. The maximum absolute atomic E-state index is 6.34. The van der Waals surface area contributed by atoms with Crippen LogP contribution >= 0.6 is 0 Å². The van der Waals surface area contributed by atoms with Crippen molar-refractivity contribution in [2.75, 3.05) is 0 Å². The molecule has 0 aliphatic heterocycles. The van der Waals surface area contributed by atoms with Gasteiger partial charge in [-0.1, -0.05) is 66.0 Å². The van der Waals surface area contributed by atoms with Gasteiger partial charge in [-0.25, -0.2) is 0 Å². The van der Waals surface area contributed by atoms with Crippen molar-refractivity contribution in [2.24, 2.45) is 0 Å². The van der Waals surface area contributed by atoms with E-state index in [4.69, 9.17) is 4.42 Å². The molecule has 4 nitrogen and oxygen atoms in total. The van der Waals surface area contributed by atoms with Crippen molar-refractivity contribution in [1.82, 2.24) is 14.4 Å². The standard InChI is InChI=1S/C29H15N2O.C11H8N.Ir/c1-3-10-23-18(7-1)28-27-19-8-2-4-11-25(19)32-26(27)16-21-20-15-17(22-9-5-6-14-30-22)12-13-24(20)31(23)29(21)28;1-2-6-10(7-3-1)11-8-4-5-9-12-11;/h1-11,13-16H;1-6,8-9H;/q2*-1;. The zero-order chi connectivity index (χ0) is 29.0. The summed E-state index contributed by atoms with van der Waals surface area (Å²) in [5.41, 5.74) is 9.39. The molecule has 0 N–H and O–H groups in total. The van der Waals surface area contributed by atoms with Crippen LogP contribution in [0.1, 0.15) is 0 Å². The Balaban J connectivity index is 0.000000196. The Bertz CT molecular complexity index is 2550. The molecule has 5 aromatic carbocycles. The van der Waals surface area contributed by atoms with Gasteiger partial charge in [-0.2, -0.15) is 0 Å². The van der Waals surface area contributed by atoms with Crippen molar-refractivity contribution in [3.63, 3.8) is 0 Å². The van der Waals surface area contributed by atoms with Gasteiger partial charge in [0, 0.05) is 59.6 Å². The molecular weight excluding hydrogens is 731 g/mol. The molecule has 10 rings (SSSR count). The summed E-state index contributed by atoms with van der Waals surface area (Å²) in [6, 6.07) is 49.8. The predicted molar refractivity (Wildman–Crippen MR) is 179 cm³/mol. The van der Waals surface area contributed by atoms with E-state index in [1.54, 1.807) is 6.20 Å². The molecule has 0 atom stereocenters. The minimum atomic E-state index is 0. The number of aromatic nitrogens is 3. The van der Waals surface area contributed by atoms with Gasteiger partial charge in [0.15, 0.2) is 0 Å². The zero-order valence-corrected chi connectivity index (χ0v) is 26.3. The number of benzene rings is 5. The second kappa shape index (κ2) is 11.0. The van der Waals surface area contributed by atoms with Crippen molar-refractivity contribution < 1.29 is 24.5 Å². The van der Waals surface area contributed by atoms with Gasteiger partial charge in [-0.15, -0.1) is 59.7 Å². The average Bonchev–Trinajstić information content (AvgIpc) is 3.75. The fourth-order valence-electron chi connectivity index (χ4n) is 6.46. The summed E-state index contributed by atoms with van der Waals surface area (Å²) in [5.74, 6) is 0. The summed E-state index contributed by atoms with van der Waals surface area (Å²) in [7, 11) is 0. The molecule has 0 amide bonds. The SMILES string of the molecule is [Ir].[c-]1cc2c(cc1-c1ccccn1)c1cc3oc4ccccc4c3c3c4ccccc4n2c13.[c-]1ccccc1-c1ccccn1. The van der Waals surface area contributed by atoms with Gasteiger partial charge in [-0.3, -0.25) is 0 Å². The number of fused-ring (bicyclic) bond motifs is 10. The van der Waals surface area contributed by atoms with E-state index in [1.165, 1.54) is 38.0 Å². The Morgan fingerprint density at radius 2 is 1.24 bits per heavy atom. The van der Waals surface area contributed by atoms with Crippen LogP contribution in [-0.4, -0.2) is 14.4 Å². The molecule has 0 fully saturated rings. The van der Waals surface area contributed by atoms with Gasteiger partial charge in [0.25, 0.3) is 0 Å². The number of pyridine rings is 2. The number of hydrogen-bond donors (Lipinski definition) is 0. The third-order valence-electron chi connectivity index (χ3n) is 8.33. The molecule has 10 aromatic rings. The first-order valence-corrected chi connectivity index (χ1v) is 14.6. The van der Waals surface area contributed by atoms with E-state index < -0.39 is 0 Å². The van der Waals surface area contributed by atoms with Crippen LogP contribution in [0.3, 0.4) is 0 Å². The van der Waals surface area contributed by atoms with Gasteiger partial charge >= 0.3 is 0 Å². The summed E-state index contributed by atoms with van der Waals surface area (Å²) in [4.78, 5) is 8.75. The average molecular weight is 754 g/mol. The van der Waals surface area contributed by atoms with Crippen molar-refractivity contribution in [1.29, 1.82) is 0 Å². The van der Waals surface area contributed by atoms with Gasteiger partial charge in [0.1, 0.15) is 11.2 Å². The predicted octanol–water partition coefficient (Wildman–Crippen LogP) is 10.1. The smallest absolute Gasteiger partial charge is 0.136 e. The number of rotatable bonds is 2. The largest absolute Gasteiger partial charge is 0.456 e. The normalized spacial score (nSPS) is 11.4. The molecule has 5 aromatic heterocycles. The first kappa shape index (κ1) is 27.2. The van der Waals surface area contributed by atoms with E-state index in [-0.39, 0.29) is 20.1 Å². The second-order valence-corrected chi connectivity index (χ2v) is 10.8. The molecule has 0 spiro atoms. The first-order valence-electron chi connectivity index (χ1n) is 14.6. The fraction of sp³-hybridized carbons (Fsp3) is 0. The number of nitrogens with zero attached hydrogens (tertiary/aromatic N) is 3. The van der Waals surface area contributed by atoms with Crippen LogP contribution in [0.4, 0.5) is 0 Å². The summed E-state index contributed by atoms with van der Waals surface area (Å²) >= 11 is 0. The Labute approximate surface area is 272 Å². The summed E-state index contributed by atoms with van der Waals surface area (Å²) in [6.45, 7) is 0. The number of para-hydroxylation sites is 2. The van der Waals surface area contributed by atoms with E-state index in [9.17, 15) is 0 Å². The Kier molecular flexibility index (Phi) is 6.64. The molecule has 215 valence electrons. The summed E-state index contributed by atoms with van der Waals surface area (Å²) in [5, 5.41) is 7.25. The summed E-state index contributed by atoms with van der Waals surface area (Å²) < 4.78 is 8.73. The summed E-state index contributed by atoms with van der Waals surface area (Å²) in [6.07, 6.45) is 3.61. The molecule has 0 unspecified atom stereocenters. The third kappa shape index (κ3) is 4.32. The molecule has 0 saturated carbocycles. The van der Waals surface area contributed by atoms with Crippen LogP contribution < -0.4 is 0 Å². The van der Waals surface area contributed by atoms with Crippen molar-refractivity contribution in [3.05, 3.63) is 152 Å². The molecule has 0 saturated heterocycles. The monoisotopic (exact) mass is 754 g/mol. The van der Waals surface area contributed by atoms with E-state index >= 15 is 0 Å². The molecule has 5 heterocycles. The zero-order valence-electron chi connectivity index (χ0n) is 23.9. The topological polar surface area (TPSA) is 43.3 Å². The molecule has 0 bridgehead atoms. The van der Waals surface area contributed by atoms with Crippen molar-refractivity contribution in [2.45, 2.75) is 0 Å². The van der Waals surface area contributed by atoms with E-state index in [0.717, 1.165) is 44.6 Å². The van der Waals surface area contributed by atoms with Crippen LogP contribution in [0.25, 0.3) is 82.5 Å². The van der Waals surface area contributed by atoms with Gasteiger partial charge in [-0.05, 0) is 52.6 Å². The molecule has 45 heavy (non-hydrogen) atoms. The minimum absolute atomic E-state index is 0. The van der Waals surface area contributed by atoms with E-state index in [1.807, 2.05) is 79.0 Å². The molecular formula is C40H23IrN3O-2. The van der Waals surface area contributed by atoms with E-state index in [0.29, 0.717) is 0 Å². The quantitative estimate of drug-likeness (QED) is 0.165. The van der Waals surface area contributed by atoms with Gasteiger partial charge < -0.3 is 18.8 Å². The molecule has 0 aliphatic rings. The van der Waals surface area contributed by atoms with Crippen LogP contribution in [0.2, 0.25) is 0 Å². The second-order valence-electron chi connectivity index (χ2n) is 10.8. The number of hydrogen-bond acceptors (Lipinski definition) is 3. The minimum Gasteiger partial charge on any atom is -0.456 e. The molecule has 5 heteroatoms. The molecule has 0 aliphatic carbocycles. The Morgan fingerprint density at radius 3 is 2.00 bits per heavy atom. The van der Waals surface area contributed by atoms with Gasteiger partial charge in [0.2, 0.25) is 0 Å². The Morgan fingerprint density at radius 1 is 0.533 bits per heavy atom. The maximum atomic E-state index is 6.34. The number of furan rings is 1. The third-order valence-corrected chi connectivity index (χ3v) is 8.33. The van der Waals surface area contributed by atoms with Crippen molar-refractivity contribution in [3.8, 4) is 22.5 Å². The molecule has 1 radical (unpaired) electrons. The first-order chi connectivity index (χ1) is 21.8. The van der Waals surface area contributed by atoms with Gasteiger partial charge in [0.05, 0.1) is 5.52 Å². The van der Waals surface area contributed by atoms with Crippen LogP contribution in [0, 0.1) is 12.1 Å². The van der Waals surface area contributed by atoms with E-state index in [2.05, 4.69) is 81.1 Å². The Hall–Kier alpha value is -5.35. The van der Waals surface area contributed by atoms with Crippen LogP contribution in [-0.2, 0) is 20.1 Å². The fourth-order valence-corrected chi connectivity index (χ4v) is 6.46.